The molecule has 1 fully saturated rings. The number of carbonyl (C=O) groups excluding carboxylic acids is 1. The van der Waals surface area contributed by atoms with Gasteiger partial charge in [0.2, 0.25) is 0 Å². The molecule has 26 heavy (non-hydrogen) atoms. The average Bonchev–Trinajstić information content (AvgIpc) is 3.17. The Morgan fingerprint density at radius 1 is 1.31 bits per heavy atom. The summed E-state index contributed by atoms with van der Waals surface area (Å²) in [4.78, 5) is 12.5. The lowest BCUT2D eigenvalue weighted by Crippen LogP contribution is -2.29. The van der Waals surface area contributed by atoms with Crippen molar-refractivity contribution in [2.24, 2.45) is 0 Å². The lowest BCUT2D eigenvalue weighted by molar-refractivity contribution is 0.102. The molecule has 0 atom stereocenters. The van der Waals surface area contributed by atoms with Crippen molar-refractivity contribution < 1.29 is 14.3 Å². The third kappa shape index (κ3) is 4.80. The van der Waals surface area contributed by atoms with Crippen molar-refractivity contribution in [2.45, 2.75) is 25.3 Å². The first-order chi connectivity index (χ1) is 12.8. The van der Waals surface area contributed by atoms with Crippen LogP contribution in [0.2, 0.25) is 0 Å². The van der Waals surface area contributed by atoms with E-state index in [0.717, 1.165) is 32.4 Å². The van der Waals surface area contributed by atoms with Crippen LogP contribution in [0.1, 0.15) is 35.8 Å². The molecular weight excluding hydrogens is 334 g/mol. The molecule has 0 aliphatic carbocycles. The first-order valence-electron chi connectivity index (χ1n) is 8.92. The molecule has 0 radical (unpaired) electrons. The molecule has 0 unspecified atom stereocenters. The third-order valence-electron chi connectivity index (χ3n) is 4.31. The van der Waals surface area contributed by atoms with Gasteiger partial charge in [-0.2, -0.15) is 0 Å². The molecule has 2 N–H and O–H groups in total. The van der Waals surface area contributed by atoms with E-state index >= 15 is 0 Å². The van der Waals surface area contributed by atoms with Crippen molar-refractivity contribution in [3.05, 3.63) is 36.2 Å². The Balaban J connectivity index is 1.62. The Kier molecular flexibility index (Phi) is 6.56. The maximum absolute atomic E-state index is 12.5. The smallest absolute Gasteiger partial charge is 0.277 e. The van der Waals surface area contributed by atoms with E-state index in [9.17, 15) is 4.79 Å². The van der Waals surface area contributed by atoms with Crippen LogP contribution in [0.4, 0.5) is 5.69 Å². The van der Waals surface area contributed by atoms with Gasteiger partial charge in [-0.05, 0) is 38.1 Å². The predicted molar refractivity (Wildman–Crippen MR) is 97.5 cm³/mol. The number of anilines is 1. The summed E-state index contributed by atoms with van der Waals surface area (Å²) in [6, 6.07) is 7.65. The minimum absolute atomic E-state index is 0.293. The van der Waals surface area contributed by atoms with E-state index in [0.29, 0.717) is 36.4 Å². The molecule has 140 valence electrons. The topological polar surface area (TPSA) is 90.3 Å². The third-order valence-corrected chi connectivity index (χ3v) is 4.31. The van der Waals surface area contributed by atoms with E-state index in [-0.39, 0.29) is 5.91 Å². The van der Waals surface area contributed by atoms with Crippen LogP contribution in [0.5, 0.6) is 5.75 Å². The zero-order valence-corrected chi connectivity index (χ0v) is 15.0. The lowest BCUT2D eigenvalue weighted by Gasteiger charge is -2.22. The molecule has 3 rings (SSSR count). The van der Waals surface area contributed by atoms with E-state index in [2.05, 4.69) is 20.9 Å². The largest absolute Gasteiger partial charge is 0.491 e. The number of para-hydroxylation sites is 2. The van der Waals surface area contributed by atoms with E-state index < -0.39 is 0 Å². The molecule has 1 aliphatic heterocycles. The highest BCUT2D eigenvalue weighted by molar-refractivity contribution is 6.03. The van der Waals surface area contributed by atoms with Crippen LogP contribution in [0.15, 0.2) is 30.5 Å². The first kappa shape index (κ1) is 18.3. The summed E-state index contributed by atoms with van der Waals surface area (Å²) >= 11 is 0. The van der Waals surface area contributed by atoms with Crippen molar-refractivity contribution in [2.75, 3.05) is 38.7 Å². The highest BCUT2D eigenvalue weighted by atomic mass is 16.5. The van der Waals surface area contributed by atoms with E-state index in [1.807, 2.05) is 18.2 Å². The number of ether oxygens (including phenoxy) is 2. The fourth-order valence-corrected chi connectivity index (χ4v) is 2.90. The number of hydrogen-bond acceptors (Lipinski definition) is 6. The number of methoxy groups -OCH3 is 1. The molecule has 0 saturated carbocycles. The summed E-state index contributed by atoms with van der Waals surface area (Å²) < 4.78 is 12.5. The Hall–Kier alpha value is -2.45. The Morgan fingerprint density at radius 2 is 2.12 bits per heavy atom. The zero-order chi connectivity index (χ0) is 18.2. The molecule has 2 heterocycles. The van der Waals surface area contributed by atoms with Crippen molar-refractivity contribution >= 4 is 11.6 Å². The average molecular weight is 359 g/mol. The van der Waals surface area contributed by atoms with Gasteiger partial charge in [0.1, 0.15) is 5.75 Å². The van der Waals surface area contributed by atoms with Gasteiger partial charge in [-0.3, -0.25) is 4.79 Å². The van der Waals surface area contributed by atoms with Crippen LogP contribution in [-0.4, -0.2) is 54.3 Å². The Morgan fingerprint density at radius 3 is 2.92 bits per heavy atom. The lowest BCUT2D eigenvalue weighted by atomic mass is 10.1. The number of piperidine rings is 1. The highest BCUT2D eigenvalue weighted by Crippen LogP contribution is 2.24. The predicted octanol–water partition coefficient (Wildman–Crippen LogP) is 1.87. The molecular formula is C18H25N5O3. The second-order valence-electron chi connectivity index (χ2n) is 6.21. The van der Waals surface area contributed by atoms with Crippen LogP contribution in [0.3, 0.4) is 0 Å². The van der Waals surface area contributed by atoms with Crippen LogP contribution in [-0.2, 0) is 4.74 Å². The molecule has 0 bridgehead atoms. The summed E-state index contributed by atoms with van der Waals surface area (Å²) in [6.07, 6.45) is 4.47. The molecule has 0 spiro atoms. The quantitative estimate of drug-likeness (QED) is 0.700. The number of hydrogen-bond donors (Lipinski definition) is 2. The minimum Gasteiger partial charge on any atom is -0.491 e. The Labute approximate surface area is 152 Å². The molecule has 8 heteroatoms. The highest BCUT2D eigenvalue weighted by Gasteiger charge is 2.19. The number of nitrogens with one attached hydrogen (secondary N) is 2. The second-order valence-corrected chi connectivity index (χ2v) is 6.21. The van der Waals surface area contributed by atoms with E-state index in [1.165, 1.54) is 0 Å². The van der Waals surface area contributed by atoms with Crippen molar-refractivity contribution in [1.29, 1.82) is 0 Å². The molecule has 1 aromatic heterocycles. The molecule has 1 aliphatic rings. The van der Waals surface area contributed by atoms with Crippen LogP contribution >= 0.6 is 0 Å². The van der Waals surface area contributed by atoms with Gasteiger partial charge in [0, 0.05) is 20.1 Å². The standard InChI is InChI=1S/C18H25N5O3/c1-25-11-4-12-26-17-6-3-2-5-15(17)20-18(24)16-13-23(22-21-16)14-7-9-19-10-8-14/h2-3,5-6,13-14,19H,4,7-12H2,1H3,(H,20,24). The first-order valence-corrected chi connectivity index (χ1v) is 8.92. The Bertz CT molecular complexity index is 712. The van der Waals surface area contributed by atoms with Gasteiger partial charge >= 0.3 is 0 Å². The maximum Gasteiger partial charge on any atom is 0.277 e. The summed E-state index contributed by atoms with van der Waals surface area (Å²) in [7, 11) is 1.66. The number of amides is 1. The van der Waals surface area contributed by atoms with Gasteiger partial charge in [-0.25, -0.2) is 4.68 Å². The van der Waals surface area contributed by atoms with Gasteiger partial charge in [-0.1, -0.05) is 17.3 Å². The fourth-order valence-electron chi connectivity index (χ4n) is 2.90. The van der Waals surface area contributed by atoms with E-state index in [1.54, 1.807) is 24.1 Å². The summed E-state index contributed by atoms with van der Waals surface area (Å²) in [6.45, 7) is 3.07. The monoisotopic (exact) mass is 359 g/mol. The van der Waals surface area contributed by atoms with Gasteiger partial charge in [-0.15, -0.1) is 5.10 Å². The van der Waals surface area contributed by atoms with Gasteiger partial charge in [0.15, 0.2) is 5.69 Å². The molecule has 2 aromatic rings. The number of aromatic nitrogens is 3. The molecule has 1 saturated heterocycles. The van der Waals surface area contributed by atoms with Crippen molar-refractivity contribution in [3.63, 3.8) is 0 Å². The van der Waals surface area contributed by atoms with Crippen molar-refractivity contribution in [1.82, 2.24) is 20.3 Å². The van der Waals surface area contributed by atoms with Crippen molar-refractivity contribution in [3.8, 4) is 5.75 Å². The second kappa shape index (κ2) is 9.30. The SMILES string of the molecule is COCCCOc1ccccc1NC(=O)c1cn(C2CCNCC2)nn1. The number of carbonyl (C=O) groups is 1. The summed E-state index contributed by atoms with van der Waals surface area (Å²) in [5.41, 5.74) is 0.920. The normalized spacial score (nSPS) is 15.0. The van der Waals surface area contributed by atoms with Crippen LogP contribution in [0, 0.1) is 0 Å². The van der Waals surface area contributed by atoms with Crippen LogP contribution < -0.4 is 15.4 Å². The minimum atomic E-state index is -0.293. The maximum atomic E-state index is 12.5. The zero-order valence-electron chi connectivity index (χ0n) is 15.0. The summed E-state index contributed by atoms with van der Waals surface area (Å²) in [5, 5.41) is 14.3. The summed E-state index contributed by atoms with van der Waals surface area (Å²) in [5.74, 6) is 0.334. The fraction of sp³-hybridized carbons (Fsp3) is 0.500. The van der Waals surface area contributed by atoms with Gasteiger partial charge < -0.3 is 20.1 Å². The van der Waals surface area contributed by atoms with E-state index in [4.69, 9.17) is 9.47 Å². The molecule has 1 amide bonds. The van der Waals surface area contributed by atoms with Gasteiger partial charge in [0.05, 0.1) is 24.5 Å². The number of nitrogens with zero attached hydrogens (tertiary/aromatic N) is 3. The number of benzene rings is 1. The molecule has 8 nitrogen and oxygen atoms in total. The van der Waals surface area contributed by atoms with Crippen LogP contribution in [0.25, 0.3) is 0 Å². The molecule has 1 aromatic carbocycles. The van der Waals surface area contributed by atoms with Gasteiger partial charge in [0.25, 0.3) is 5.91 Å². The number of rotatable bonds is 8.